The first-order valence-electron chi connectivity index (χ1n) is 15.4. The van der Waals surface area contributed by atoms with Crippen LogP contribution in [0.15, 0.2) is 114 Å². The molecule has 0 saturated heterocycles. The monoisotopic (exact) mass is 650 g/mol. The van der Waals surface area contributed by atoms with Gasteiger partial charge in [-0.1, -0.05) is 85.3 Å². The molecule has 0 aliphatic carbocycles. The number of benzene rings is 4. The second kappa shape index (κ2) is 13.4. The molecular weight excluding hydrogens is 616 g/mol. The van der Waals surface area contributed by atoms with Gasteiger partial charge in [-0.05, 0) is 53.6 Å². The number of anilines is 1. The molecule has 1 aliphatic rings. The smallest absolute Gasteiger partial charge is 0.279 e. The summed E-state index contributed by atoms with van der Waals surface area (Å²) in [6.07, 6.45) is 3.38. The molecule has 1 aromatic heterocycles. The Labute approximate surface area is 276 Å². The van der Waals surface area contributed by atoms with Crippen LogP contribution in [-0.4, -0.2) is 49.9 Å². The van der Waals surface area contributed by atoms with Gasteiger partial charge in [-0.15, -0.1) is 0 Å². The molecule has 5 aromatic rings. The second-order valence-corrected chi connectivity index (χ2v) is 12.2. The quantitative estimate of drug-likeness (QED) is 0.168. The van der Waals surface area contributed by atoms with Gasteiger partial charge in [0.15, 0.2) is 5.60 Å². The Morgan fingerprint density at radius 1 is 0.979 bits per heavy atom. The average Bonchev–Trinajstić information content (AvgIpc) is 3.52. The molecule has 240 valence electrons. The largest absolute Gasteiger partial charge is 0.395 e. The Bertz CT molecular complexity index is 2000. The maximum atomic E-state index is 14.0. The summed E-state index contributed by atoms with van der Waals surface area (Å²) in [7, 11) is 0. The highest BCUT2D eigenvalue weighted by Crippen LogP contribution is 2.46. The van der Waals surface area contributed by atoms with Gasteiger partial charge in [-0.3, -0.25) is 19.5 Å². The molecule has 0 bridgehead atoms. The number of nitrogens with zero attached hydrogens (tertiary/aromatic N) is 3. The van der Waals surface area contributed by atoms with E-state index in [0.29, 0.717) is 33.9 Å². The maximum Gasteiger partial charge on any atom is 0.279 e. The summed E-state index contributed by atoms with van der Waals surface area (Å²) in [4.78, 5) is 43.1. The van der Waals surface area contributed by atoms with Crippen molar-refractivity contribution in [3.05, 3.63) is 141 Å². The number of amides is 2. The number of para-hydroxylation sites is 1. The molecule has 10 heteroatoms. The fourth-order valence-electron chi connectivity index (χ4n) is 6.11. The van der Waals surface area contributed by atoms with Crippen molar-refractivity contribution in [1.82, 2.24) is 14.7 Å². The molecule has 0 spiro atoms. The minimum atomic E-state index is -1.91. The Kier molecular flexibility index (Phi) is 9.13. The van der Waals surface area contributed by atoms with Crippen LogP contribution in [-0.2, 0) is 28.3 Å². The molecular formula is C37H35ClN4O5. The number of aliphatic hydroxyl groups is 2. The molecule has 9 nitrogen and oxygen atoms in total. The predicted molar refractivity (Wildman–Crippen MR) is 182 cm³/mol. The minimum Gasteiger partial charge on any atom is -0.395 e. The van der Waals surface area contributed by atoms with Gasteiger partial charge in [0.2, 0.25) is 5.91 Å². The van der Waals surface area contributed by atoms with Crippen molar-refractivity contribution < 1.29 is 19.8 Å². The van der Waals surface area contributed by atoms with E-state index in [0.717, 1.165) is 16.6 Å². The third-order valence-corrected chi connectivity index (χ3v) is 8.91. The first-order chi connectivity index (χ1) is 22.7. The van der Waals surface area contributed by atoms with E-state index in [9.17, 15) is 24.6 Å². The van der Waals surface area contributed by atoms with Crippen LogP contribution < -0.4 is 10.5 Å². The van der Waals surface area contributed by atoms with Crippen molar-refractivity contribution in [2.24, 2.45) is 5.92 Å². The topological polar surface area (TPSA) is 119 Å². The van der Waals surface area contributed by atoms with Crippen molar-refractivity contribution in [1.29, 1.82) is 0 Å². The summed E-state index contributed by atoms with van der Waals surface area (Å²) in [5.41, 5.74) is 2.02. The van der Waals surface area contributed by atoms with Crippen LogP contribution in [0.2, 0.25) is 5.02 Å². The van der Waals surface area contributed by atoms with Gasteiger partial charge in [-0.2, -0.15) is 0 Å². The molecule has 0 saturated carbocycles. The summed E-state index contributed by atoms with van der Waals surface area (Å²) in [5.74, 6) is -1.37. The SMILES string of the molecule is C[C@@H](/C=C/CC(=O)N(CCO)Cc1ccccc1)[C@]1(O)C(=O)N(Cc2ccc(-n3[nH]c4ccccc4c3=O)cc2)c2ccc(Cl)cc21. The van der Waals surface area contributed by atoms with E-state index in [1.165, 1.54) is 9.58 Å². The number of hydrogen-bond donors (Lipinski definition) is 3. The molecule has 0 radical (unpaired) electrons. The van der Waals surface area contributed by atoms with Crippen LogP contribution in [0.3, 0.4) is 0 Å². The van der Waals surface area contributed by atoms with Crippen molar-refractivity contribution in [2.45, 2.75) is 32.0 Å². The maximum absolute atomic E-state index is 14.0. The minimum absolute atomic E-state index is 0.0410. The van der Waals surface area contributed by atoms with Gasteiger partial charge in [0.1, 0.15) is 0 Å². The molecule has 0 fully saturated rings. The zero-order valence-corrected chi connectivity index (χ0v) is 26.6. The fraction of sp³-hybridized carbons (Fsp3) is 0.216. The first kappa shape index (κ1) is 32.0. The molecule has 47 heavy (non-hydrogen) atoms. The van der Waals surface area contributed by atoms with E-state index in [1.807, 2.05) is 72.8 Å². The van der Waals surface area contributed by atoms with Crippen molar-refractivity contribution in [3.8, 4) is 5.69 Å². The van der Waals surface area contributed by atoms with Crippen molar-refractivity contribution in [3.63, 3.8) is 0 Å². The first-order valence-corrected chi connectivity index (χ1v) is 15.8. The summed E-state index contributed by atoms with van der Waals surface area (Å²) in [5, 5.41) is 25.6. The second-order valence-electron chi connectivity index (χ2n) is 11.7. The molecule has 4 aromatic carbocycles. The summed E-state index contributed by atoms with van der Waals surface area (Å²) in [6, 6.07) is 29.2. The Balaban J connectivity index is 1.19. The zero-order chi connectivity index (χ0) is 33.1. The molecule has 2 atom stereocenters. The summed E-state index contributed by atoms with van der Waals surface area (Å²) < 4.78 is 1.48. The molecule has 3 N–H and O–H groups in total. The Morgan fingerprint density at radius 2 is 1.70 bits per heavy atom. The van der Waals surface area contributed by atoms with Gasteiger partial charge in [0.25, 0.3) is 11.5 Å². The Hall–Kier alpha value is -4.96. The third-order valence-electron chi connectivity index (χ3n) is 8.67. The number of hydrogen-bond acceptors (Lipinski definition) is 5. The van der Waals surface area contributed by atoms with E-state index < -0.39 is 17.4 Å². The predicted octanol–water partition coefficient (Wildman–Crippen LogP) is 5.31. The van der Waals surface area contributed by atoms with Gasteiger partial charge in [0, 0.05) is 36.0 Å². The lowest BCUT2D eigenvalue weighted by Gasteiger charge is -2.28. The number of nitrogens with one attached hydrogen (secondary N) is 1. The number of rotatable bonds is 11. The molecule has 0 unspecified atom stereocenters. The van der Waals surface area contributed by atoms with E-state index in [4.69, 9.17) is 11.6 Å². The lowest BCUT2D eigenvalue weighted by atomic mass is 9.83. The number of H-pyrrole nitrogens is 1. The van der Waals surface area contributed by atoms with Crippen LogP contribution in [0, 0.1) is 5.92 Å². The van der Waals surface area contributed by atoms with Gasteiger partial charge >= 0.3 is 0 Å². The van der Waals surface area contributed by atoms with Crippen molar-refractivity contribution >= 4 is 40.0 Å². The molecule has 6 rings (SSSR count). The lowest BCUT2D eigenvalue weighted by molar-refractivity contribution is -0.139. The fourth-order valence-corrected chi connectivity index (χ4v) is 6.28. The number of aromatic nitrogens is 2. The van der Waals surface area contributed by atoms with Crippen LogP contribution in [0.5, 0.6) is 0 Å². The summed E-state index contributed by atoms with van der Waals surface area (Å²) in [6.45, 7) is 2.31. The van der Waals surface area contributed by atoms with Crippen LogP contribution in [0.1, 0.15) is 30.0 Å². The van der Waals surface area contributed by atoms with Gasteiger partial charge in [0.05, 0.1) is 35.4 Å². The highest BCUT2D eigenvalue weighted by molar-refractivity contribution is 6.31. The zero-order valence-electron chi connectivity index (χ0n) is 25.8. The lowest BCUT2D eigenvalue weighted by Crippen LogP contribution is -2.44. The van der Waals surface area contributed by atoms with E-state index in [-0.39, 0.29) is 37.6 Å². The summed E-state index contributed by atoms with van der Waals surface area (Å²) >= 11 is 6.35. The van der Waals surface area contributed by atoms with Gasteiger partial charge < -0.3 is 20.0 Å². The van der Waals surface area contributed by atoms with E-state index in [2.05, 4.69) is 5.10 Å². The highest BCUT2D eigenvalue weighted by atomic mass is 35.5. The van der Waals surface area contributed by atoms with E-state index >= 15 is 0 Å². The van der Waals surface area contributed by atoms with Crippen LogP contribution in [0.4, 0.5) is 5.69 Å². The highest BCUT2D eigenvalue weighted by Gasteiger charge is 2.52. The number of halogens is 1. The third kappa shape index (κ3) is 6.25. The van der Waals surface area contributed by atoms with Gasteiger partial charge in [-0.25, -0.2) is 4.68 Å². The number of carbonyl (C=O) groups excluding carboxylic acids is 2. The number of fused-ring (bicyclic) bond motifs is 2. The molecule has 1 aliphatic heterocycles. The number of aliphatic hydroxyl groups excluding tert-OH is 1. The number of aromatic amines is 1. The number of carbonyl (C=O) groups is 2. The van der Waals surface area contributed by atoms with E-state index in [1.54, 1.807) is 48.2 Å². The van der Waals surface area contributed by atoms with Crippen molar-refractivity contribution in [2.75, 3.05) is 18.1 Å². The molecule has 2 heterocycles. The van der Waals surface area contributed by atoms with Crippen LogP contribution >= 0.6 is 11.6 Å². The molecule has 2 amide bonds. The Morgan fingerprint density at radius 3 is 2.43 bits per heavy atom. The normalized spacial score (nSPS) is 16.6. The average molecular weight is 651 g/mol. The van der Waals surface area contributed by atoms with Crippen LogP contribution in [0.25, 0.3) is 16.6 Å². The standard InChI is InChI=1S/C37H35ClN4O5/c1-25(8-7-13-34(44)40(20-21-43)23-26-9-3-2-4-10-26)37(47)31-22-28(38)16-19-33(31)41(36(37)46)24-27-14-17-29(18-15-27)42-35(45)30-11-5-6-12-32(30)39-42/h2-12,14-19,22,25,39,43,47H,13,20-21,23-24H2,1H3/b8-7+/t25-,37+/m0/s1.